The number of carbonyl (C=O) groups excluding carboxylic acids is 1. The van der Waals surface area contributed by atoms with Crippen molar-refractivity contribution in [2.45, 2.75) is 73.2 Å². The summed E-state index contributed by atoms with van der Waals surface area (Å²) in [7, 11) is 0. The SMILES string of the molecule is CC.CCCC1(CC)OC(=O)/C(=C\c2cc(C)c(OCc3ccccc3)c(C)c2)O1. The van der Waals surface area contributed by atoms with Crippen molar-refractivity contribution in [3.63, 3.8) is 0 Å². The van der Waals surface area contributed by atoms with Crippen molar-refractivity contribution < 1.29 is 19.0 Å². The van der Waals surface area contributed by atoms with Crippen LogP contribution in [0.3, 0.4) is 0 Å². The third-order valence-electron chi connectivity index (χ3n) is 4.95. The normalized spacial score (nSPS) is 19.0. The third kappa shape index (κ3) is 5.65. The van der Waals surface area contributed by atoms with E-state index < -0.39 is 11.8 Å². The summed E-state index contributed by atoms with van der Waals surface area (Å²) in [5.74, 6) is -0.0719. The lowest BCUT2D eigenvalue weighted by Crippen LogP contribution is -2.28. The van der Waals surface area contributed by atoms with E-state index in [4.69, 9.17) is 14.2 Å². The minimum atomic E-state index is -0.819. The number of rotatable bonds is 7. The van der Waals surface area contributed by atoms with E-state index in [1.807, 2.05) is 77.1 Å². The smallest absolute Gasteiger partial charge is 0.377 e. The van der Waals surface area contributed by atoms with Crippen LogP contribution in [-0.2, 0) is 20.9 Å². The molecule has 2 aromatic rings. The number of esters is 1. The number of carbonyl (C=O) groups is 1. The first-order chi connectivity index (χ1) is 14.5. The van der Waals surface area contributed by atoms with Crippen molar-refractivity contribution in [2.24, 2.45) is 0 Å². The van der Waals surface area contributed by atoms with E-state index >= 15 is 0 Å². The fraction of sp³-hybridized carbons (Fsp3) is 0.423. The van der Waals surface area contributed by atoms with E-state index in [2.05, 4.69) is 6.92 Å². The van der Waals surface area contributed by atoms with E-state index in [0.717, 1.165) is 34.4 Å². The Balaban J connectivity index is 0.00000155. The van der Waals surface area contributed by atoms with E-state index in [1.54, 1.807) is 6.08 Å². The molecule has 0 aromatic heterocycles. The van der Waals surface area contributed by atoms with Crippen LogP contribution < -0.4 is 4.74 Å². The van der Waals surface area contributed by atoms with Crippen LogP contribution in [0, 0.1) is 13.8 Å². The molecule has 1 aliphatic heterocycles. The van der Waals surface area contributed by atoms with Crippen LogP contribution in [0.4, 0.5) is 0 Å². The largest absolute Gasteiger partial charge is 0.488 e. The first kappa shape index (κ1) is 23.5. The second kappa shape index (κ2) is 10.9. The van der Waals surface area contributed by atoms with Gasteiger partial charge in [-0.3, -0.25) is 0 Å². The van der Waals surface area contributed by atoms with Crippen molar-refractivity contribution in [1.82, 2.24) is 0 Å². The van der Waals surface area contributed by atoms with Crippen LogP contribution in [0.15, 0.2) is 48.2 Å². The summed E-state index contributed by atoms with van der Waals surface area (Å²) < 4.78 is 17.5. The fourth-order valence-electron chi connectivity index (χ4n) is 3.55. The highest BCUT2D eigenvalue weighted by Gasteiger charge is 2.43. The Morgan fingerprint density at radius 2 is 1.63 bits per heavy atom. The van der Waals surface area contributed by atoms with Gasteiger partial charge in [-0.15, -0.1) is 0 Å². The first-order valence-electron chi connectivity index (χ1n) is 10.9. The number of cyclic esters (lactones) is 1. The molecule has 30 heavy (non-hydrogen) atoms. The zero-order chi connectivity index (χ0) is 22.1. The van der Waals surface area contributed by atoms with Crippen molar-refractivity contribution in [3.8, 4) is 5.75 Å². The van der Waals surface area contributed by atoms with Crippen molar-refractivity contribution >= 4 is 12.0 Å². The molecule has 2 aromatic carbocycles. The van der Waals surface area contributed by atoms with Gasteiger partial charge >= 0.3 is 5.97 Å². The standard InChI is InChI=1S/C24H28O4.C2H6/c1-5-12-24(6-2)27-21(23(25)28-24)15-20-13-17(3)22(18(4)14-20)26-16-19-10-8-7-9-11-19;1-2/h7-11,13-15H,5-6,12,16H2,1-4H3;1-2H3/b21-15+;. The average Bonchev–Trinajstić information content (AvgIpc) is 3.05. The molecule has 3 rings (SSSR count). The van der Waals surface area contributed by atoms with Gasteiger partial charge in [-0.05, 0) is 60.7 Å². The predicted octanol–water partition coefficient (Wildman–Crippen LogP) is 6.73. The lowest BCUT2D eigenvalue weighted by Gasteiger charge is -2.23. The predicted molar refractivity (Wildman–Crippen MR) is 121 cm³/mol. The summed E-state index contributed by atoms with van der Waals surface area (Å²) in [4.78, 5) is 12.3. The Kier molecular flexibility index (Phi) is 8.52. The molecule has 0 amide bonds. The Labute approximate surface area is 180 Å². The maximum Gasteiger partial charge on any atom is 0.377 e. The maximum absolute atomic E-state index is 12.3. The van der Waals surface area contributed by atoms with Crippen LogP contribution in [-0.4, -0.2) is 11.8 Å². The van der Waals surface area contributed by atoms with Gasteiger partial charge in [-0.2, -0.15) is 0 Å². The highest BCUT2D eigenvalue weighted by molar-refractivity contribution is 5.93. The molecule has 0 spiro atoms. The monoisotopic (exact) mass is 410 g/mol. The number of hydrogen-bond donors (Lipinski definition) is 0. The van der Waals surface area contributed by atoms with Gasteiger partial charge in [0.25, 0.3) is 5.79 Å². The van der Waals surface area contributed by atoms with Crippen molar-refractivity contribution in [3.05, 3.63) is 70.5 Å². The van der Waals surface area contributed by atoms with Gasteiger partial charge in [-0.25, -0.2) is 4.79 Å². The first-order valence-corrected chi connectivity index (χ1v) is 10.9. The number of hydrogen-bond acceptors (Lipinski definition) is 4. The summed E-state index contributed by atoms with van der Waals surface area (Å²) in [6, 6.07) is 14.1. The molecule has 0 bridgehead atoms. The molecule has 1 saturated heterocycles. The number of ether oxygens (including phenoxy) is 3. The van der Waals surface area contributed by atoms with Crippen LogP contribution in [0.1, 0.15) is 69.2 Å². The highest BCUT2D eigenvalue weighted by atomic mass is 16.8. The van der Waals surface area contributed by atoms with E-state index in [9.17, 15) is 4.79 Å². The van der Waals surface area contributed by atoms with Gasteiger partial charge in [0, 0.05) is 12.8 Å². The van der Waals surface area contributed by atoms with Gasteiger partial charge in [-0.1, -0.05) is 58.0 Å². The Morgan fingerprint density at radius 3 is 2.20 bits per heavy atom. The lowest BCUT2D eigenvalue weighted by molar-refractivity contribution is -0.175. The number of benzene rings is 2. The molecule has 162 valence electrons. The average molecular weight is 411 g/mol. The maximum atomic E-state index is 12.3. The molecule has 1 heterocycles. The van der Waals surface area contributed by atoms with Gasteiger partial charge in [0.05, 0.1) is 0 Å². The summed E-state index contributed by atoms with van der Waals surface area (Å²) in [6.07, 6.45) is 3.97. The molecule has 4 nitrogen and oxygen atoms in total. The molecule has 0 saturated carbocycles. The molecule has 1 atom stereocenters. The lowest BCUT2D eigenvalue weighted by atomic mass is 10.0. The Morgan fingerprint density at radius 1 is 1.00 bits per heavy atom. The molecule has 0 N–H and O–H groups in total. The molecular weight excluding hydrogens is 376 g/mol. The summed E-state index contributed by atoms with van der Waals surface area (Å²) in [6.45, 7) is 12.6. The molecular formula is C26H34O4. The second-order valence-electron chi connectivity index (χ2n) is 7.27. The summed E-state index contributed by atoms with van der Waals surface area (Å²) >= 11 is 0. The van der Waals surface area contributed by atoms with E-state index in [0.29, 0.717) is 19.4 Å². The highest BCUT2D eigenvalue weighted by Crippen LogP contribution is 2.36. The quantitative estimate of drug-likeness (QED) is 0.375. The Bertz CT molecular complexity index is 847. The minimum Gasteiger partial charge on any atom is -0.488 e. The molecule has 1 unspecified atom stereocenters. The Hall–Kier alpha value is -2.75. The summed E-state index contributed by atoms with van der Waals surface area (Å²) in [5.41, 5.74) is 4.06. The van der Waals surface area contributed by atoms with Gasteiger partial charge in [0.1, 0.15) is 12.4 Å². The van der Waals surface area contributed by atoms with Crippen molar-refractivity contribution in [1.29, 1.82) is 0 Å². The van der Waals surface area contributed by atoms with Crippen LogP contribution in [0.5, 0.6) is 5.75 Å². The van der Waals surface area contributed by atoms with Gasteiger partial charge in [0.2, 0.25) is 5.76 Å². The second-order valence-corrected chi connectivity index (χ2v) is 7.27. The van der Waals surface area contributed by atoms with E-state index in [-0.39, 0.29) is 5.76 Å². The molecule has 0 aliphatic carbocycles. The molecule has 1 fully saturated rings. The van der Waals surface area contributed by atoms with Gasteiger partial charge in [0.15, 0.2) is 0 Å². The number of aryl methyl sites for hydroxylation is 2. The zero-order valence-corrected chi connectivity index (χ0v) is 19.1. The summed E-state index contributed by atoms with van der Waals surface area (Å²) in [5, 5.41) is 0. The molecule has 1 aliphatic rings. The van der Waals surface area contributed by atoms with Crippen LogP contribution in [0.25, 0.3) is 6.08 Å². The van der Waals surface area contributed by atoms with Gasteiger partial charge < -0.3 is 14.2 Å². The topological polar surface area (TPSA) is 44.8 Å². The van der Waals surface area contributed by atoms with Crippen LogP contribution in [0.2, 0.25) is 0 Å². The van der Waals surface area contributed by atoms with Crippen LogP contribution >= 0.6 is 0 Å². The zero-order valence-electron chi connectivity index (χ0n) is 19.1. The molecule has 4 heteroatoms. The molecule has 0 radical (unpaired) electrons. The van der Waals surface area contributed by atoms with E-state index in [1.165, 1.54) is 0 Å². The third-order valence-corrected chi connectivity index (χ3v) is 4.95. The fourth-order valence-corrected chi connectivity index (χ4v) is 3.55. The minimum absolute atomic E-state index is 0.270. The van der Waals surface area contributed by atoms with Crippen molar-refractivity contribution in [2.75, 3.05) is 0 Å².